The fraction of sp³-hybridized carbons (Fsp3) is 0.100. The first-order chi connectivity index (χ1) is 6.24. The maximum Gasteiger partial charge on any atom is 0.338 e. The Morgan fingerprint density at radius 2 is 2.08 bits per heavy atom. The Hall–Kier alpha value is -1.09. The van der Waals surface area contributed by atoms with Gasteiger partial charge in [-0.15, -0.1) is 0 Å². The van der Waals surface area contributed by atoms with Gasteiger partial charge < -0.3 is 4.74 Å². The van der Waals surface area contributed by atoms with E-state index in [0.29, 0.717) is 5.56 Å². The number of carbonyl (C=O) groups is 1. The van der Waals surface area contributed by atoms with Gasteiger partial charge in [-0.1, -0.05) is 28.6 Å². The third-order valence-electron chi connectivity index (χ3n) is 1.41. The first kappa shape index (κ1) is 9.99. The molecule has 0 N–H and O–H groups in total. The van der Waals surface area contributed by atoms with Crippen LogP contribution >= 0.6 is 15.9 Å². The van der Waals surface area contributed by atoms with E-state index in [-0.39, 0.29) is 12.6 Å². The van der Waals surface area contributed by atoms with E-state index < -0.39 is 0 Å². The Labute approximate surface area is 85.3 Å². The van der Waals surface area contributed by atoms with E-state index in [1.54, 1.807) is 24.3 Å². The molecule has 0 unspecified atom stereocenters. The minimum Gasteiger partial charge on any atom is -0.458 e. The lowest BCUT2D eigenvalue weighted by Crippen LogP contribution is -2.04. The molecule has 0 aliphatic rings. The van der Waals surface area contributed by atoms with Gasteiger partial charge in [-0.05, 0) is 24.3 Å². The van der Waals surface area contributed by atoms with E-state index in [9.17, 15) is 4.79 Å². The number of hydrogen-bond acceptors (Lipinski definition) is 2. The summed E-state index contributed by atoms with van der Waals surface area (Å²) in [5, 5.41) is 0. The van der Waals surface area contributed by atoms with Gasteiger partial charge in [0.05, 0.1) is 5.56 Å². The van der Waals surface area contributed by atoms with Gasteiger partial charge in [0, 0.05) is 4.47 Å². The zero-order chi connectivity index (χ0) is 9.68. The maximum atomic E-state index is 11.2. The van der Waals surface area contributed by atoms with Crippen LogP contribution in [0.1, 0.15) is 10.4 Å². The van der Waals surface area contributed by atoms with Gasteiger partial charge in [0.1, 0.15) is 6.61 Å². The van der Waals surface area contributed by atoms with Crippen molar-refractivity contribution in [3.8, 4) is 0 Å². The molecule has 0 fully saturated rings. The molecule has 0 atom stereocenters. The Morgan fingerprint density at radius 3 is 2.62 bits per heavy atom. The van der Waals surface area contributed by atoms with E-state index in [4.69, 9.17) is 4.74 Å². The van der Waals surface area contributed by atoms with Crippen LogP contribution in [0.4, 0.5) is 0 Å². The summed E-state index contributed by atoms with van der Waals surface area (Å²) in [4.78, 5) is 11.2. The van der Waals surface area contributed by atoms with Crippen molar-refractivity contribution in [3.63, 3.8) is 0 Å². The van der Waals surface area contributed by atoms with Crippen LogP contribution in [0.25, 0.3) is 0 Å². The van der Waals surface area contributed by atoms with Crippen LogP contribution in [0.5, 0.6) is 0 Å². The minimum atomic E-state index is -0.326. The number of benzene rings is 1. The highest BCUT2D eigenvalue weighted by Crippen LogP contribution is 2.11. The molecule has 2 nitrogen and oxygen atoms in total. The van der Waals surface area contributed by atoms with Gasteiger partial charge in [-0.2, -0.15) is 0 Å². The highest BCUT2D eigenvalue weighted by Gasteiger charge is 2.04. The van der Waals surface area contributed by atoms with Crippen molar-refractivity contribution in [1.82, 2.24) is 0 Å². The first-order valence-electron chi connectivity index (χ1n) is 3.77. The molecule has 0 heterocycles. The lowest BCUT2D eigenvalue weighted by molar-refractivity contribution is 0.0550. The standard InChI is InChI=1S/C10H9BrO2/c1-2-7-13-10(12)8-3-5-9(11)6-4-8/h2-6H,1,7H2. The summed E-state index contributed by atoms with van der Waals surface area (Å²) in [5.41, 5.74) is 0.546. The van der Waals surface area contributed by atoms with Crippen LogP contribution in [-0.2, 0) is 4.74 Å². The zero-order valence-electron chi connectivity index (χ0n) is 7.00. The molecule has 1 aromatic carbocycles. The van der Waals surface area contributed by atoms with Gasteiger partial charge in [0.25, 0.3) is 0 Å². The monoisotopic (exact) mass is 240 g/mol. The summed E-state index contributed by atoms with van der Waals surface area (Å²) in [6.07, 6.45) is 1.54. The summed E-state index contributed by atoms with van der Waals surface area (Å²) in [6.45, 7) is 3.70. The van der Waals surface area contributed by atoms with Crippen LogP contribution in [-0.4, -0.2) is 12.6 Å². The smallest absolute Gasteiger partial charge is 0.338 e. The highest BCUT2D eigenvalue weighted by molar-refractivity contribution is 9.10. The quantitative estimate of drug-likeness (QED) is 0.600. The summed E-state index contributed by atoms with van der Waals surface area (Å²) >= 11 is 3.28. The van der Waals surface area contributed by atoms with Crippen LogP contribution in [0.2, 0.25) is 0 Å². The van der Waals surface area contributed by atoms with Crippen molar-refractivity contribution in [2.75, 3.05) is 6.61 Å². The van der Waals surface area contributed by atoms with Crippen molar-refractivity contribution in [1.29, 1.82) is 0 Å². The molecular weight excluding hydrogens is 232 g/mol. The number of carbonyl (C=O) groups excluding carboxylic acids is 1. The summed E-state index contributed by atoms with van der Waals surface area (Å²) in [6, 6.07) is 7.00. The van der Waals surface area contributed by atoms with Crippen molar-refractivity contribution >= 4 is 21.9 Å². The van der Waals surface area contributed by atoms with Crippen molar-refractivity contribution < 1.29 is 9.53 Å². The molecule has 68 valence electrons. The molecule has 0 saturated heterocycles. The van der Waals surface area contributed by atoms with E-state index in [2.05, 4.69) is 22.5 Å². The number of halogens is 1. The third kappa shape index (κ3) is 3.03. The molecule has 0 bridgehead atoms. The molecule has 0 aromatic heterocycles. The fourth-order valence-electron chi connectivity index (χ4n) is 0.804. The number of rotatable bonds is 3. The van der Waals surface area contributed by atoms with Gasteiger partial charge in [0.2, 0.25) is 0 Å². The second kappa shape index (κ2) is 4.82. The highest BCUT2D eigenvalue weighted by atomic mass is 79.9. The van der Waals surface area contributed by atoms with Gasteiger partial charge in [0.15, 0.2) is 0 Å². The second-order valence-electron chi connectivity index (χ2n) is 2.39. The lowest BCUT2D eigenvalue weighted by Gasteiger charge is -2.00. The SMILES string of the molecule is C=CCOC(=O)c1ccc(Br)cc1. The predicted octanol–water partition coefficient (Wildman–Crippen LogP) is 2.79. The molecule has 0 saturated carbocycles. The topological polar surface area (TPSA) is 26.3 Å². The average Bonchev–Trinajstić information content (AvgIpc) is 2.15. The third-order valence-corrected chi connectivity index (χ3v) is 1.94. The number of esters is 1. The Morgan fingerprint density at radius 1 is 1.46 bits per heavy atom. The molecular formula is C10H9BrO2. The van der Waals surface area contributed by atoms with E-state index in [0.717, 1.165) is 4.47 Å². The van der Waals surface area contributed by atoms with Crippen LogP contribution in [0.3, 0.4) is 0 Å². The van der Waals surface area contributed by atoms with Crippen LogP contribution < -0.4 is 0 Å². The largest absolute Gasteiger partial charge is 0.458 e. The fourth-order valence-corrected chi connectivity index (χ4v) is 1.07. The molecule has 0 aliphatic heterocycles. The molecule has 1 rings (SSSR count). The Kier molecular flexibility index (Phi) is 3.71. The minimum absolute atomic E-state index is 0.245. The van der Waals surface area contributed by atoms with Crippen LogP contribution in [0.15, 0.2) is 41.4 Å². The molecule has 13 heavy (non-hydrogen) atoms. The van der Waals surface area contributed by atoms with Gasteiger partial charge in [-0.3, -0.25) is 0 Å². The first-order valence-corrected chi connectivity index (χ1v) is 4.57. The molecule has 0 aliphatic carbocycles. The Bertz CT molecular complexity index is 303. The average molecular weight is 241 g/mol. The van der Waals surface area contributed by atoms with E-state index in [1.807, 2.05) is 0 Å². The van der Waals surface area contributed by atoms with E-state index >= 15 is 0 Å². The Balaban J connectivity index is 2.66. The maximum absolute atomic E-state index is 11.2. The molecule has 0 amide bonds. The zero-order valence-corrected chi connectivity index (χ0v) is 8.58. The number of hydrogen-bond donors (Lipinski definition) is 0. The van der Waals surface area contributed by atoms with Gasteiger partial charge >= 0.3 is 5.97 Å². The summed E-state index contributed by atoms with van der Waals surface area (Å²) in [5.74, 6) is -0.326. The molecule has 3 heteroatoms. The van der Waals surface area contributed by atoms with Crippen molar-refractivity contribution in [2.45, 2.75) is 0 Å². The second-order valence-corrected chi connectivity index (χ2v) is 3.31. The summed E-state index contributed by atoms with van der Waals surface area (Å²) < 4.78 is 5.78. The van der Waals surface area contributed by atoms with Gasteiger partial charge in [-0.25, -0.2) is 4.79 Å². The van der Waals surface area contributed by atoms with Crippen LogP contribution in [0, 0.1) is 0 Å². The number of ether oxygens (including phenoxy) is 1. The molecule has 0 radical (unpaired) electrons. The summed E-state index contributed by atoms with van der Waals surface area (Å²) in [7, 11) is 0. The molecule has 1 aromatic rings. The van der Waals surface area contributed by atoms with Crippen molar-refractivity contribution in [2.24, 2.45) is 0 Å². The van der Waals surface area contributed by atoms with Crippen molar-refractivity contribution in [3.05, 3.63) is 47.0 Å². The van der Waals surface area contributed by atoms with E-state index in [1.165, 1.54) is 6.08 Å². The lowest BCUT2D eigenvalue weighted by atomic mass is 10.2. The molecule has 0 spiro atoms. The normalized spacial score (nSPS) is 9.31. The predicted molar refractivity (Wildman–Crippen MR) is 54.6 cm³/mol.